The van der Waals surface area contributed by atoms with Gasteiger partial charge in [0.1, 0.15) is 12.3 Å². The normalized spacial score (nSPS) is 12.6. The van der Waals surface area contributed by atoms with Gasteiger partial charge in [0.15, 0.2) is 10.8 Å². The van der Waals surface area contributed by atoms with Crippen LogP contribution in [-0.4, -0.2) is 147 Å². The number of aliphatic hydroxyl groups excluding tert-OH is 2. The molecule has 0 bridgehead atoms. The van der Waals surface area contributed by atoms with Crippen LogP contribution in [0.15, 0.2) is 165 Å². The van der Waals surface area contributed by atoms with E-state index < -0.39 is 125 Å². The third-order valence-electron chi connectivity index (χ3n) is 11.3. The number of fused-ring (bicyclic) bond motifs is 2. The van der Waals surface area contributed by atoms with Crippen LogP contribution in [0.1, 0.15) is 108 Å². The van der Waals surface area contributed by atoms with Gasteiger partial charge in [-0.2, -0.15) is 35.1 Å². The number of benzene rings is 3. The topological polar surface area (TPSA) is 376 Å². The minimum Gasteiger partial charge on any atom is -0.481 e. The van der Waals surface area contributed by atoms with Crippen molar-refractivity contribution in [1.29, 1.82) is 0 Å². The SMILES string of the molecule is C.C.C=CCC(F)(F)C(=O)C(=O)OCC.C=CCC(F)(F)c1nc2ccccc2[nH]c1=O.C=CCC(F)(F)c1nc2ccccc2nc1Cl.C=CCO.C=CCOC(C(=O)OCC)=C(F)F.C=CCOC(C)(Cl)C(=O)OCC.CCOC(=O)C(C)=O.Nc1ccccc1N.O=C(O)[C@H]1CC[C@H](O)C1.O=P(Cl)(Cl)Cl.[2H]CF. The monoisotopic (exact) mass is 1700 g/mol. The first kappa shape index (κ1) is 112. The number of ether oxygens (including phenoxy) is 6. The van der Waals surface area contributed by atoms with Crippen molar-refractivity contribution in [2.24, 2.45) is 5.92 Å². The van der Waals surface area contributed by atoms with E-state index in [2.05, 4.69) is 117 Å². The zero-order valence-electron chi connectivity index (χ0n) is 60.4. The average Bonchev–Trinajstić information content (AvgIpc) is 1.13. The van der Waals surface area contributed by atoms with Crippen LogP contribution in [0.25, 0.3) is 22.1 Å². The van der Waals surface area contributed by atoms with E-state index in [1.165, 1.54) is 45.9 Å². The fraction of sp³-hybridized carbons (Fsp3) is 0.394. The molecule has 6 rings (SSSR count). The molecule has 1 aliphatic carbocycles. The standard InChI is InChI=1S/C12H9ClF2N2.C12H10F2N2O.C8H13ClO3.2C8H10F2O3.C6H8N2.C6H10O3.C5H8O3.C3H6O.CH3F.2CH4.Cl3OP/c1-2-7-12(14,15)10-11(13)17-9-6-4-3-5-8(9)16-10;1-2-7-12(13,14)10-11(17)16-9-6-4-3-5-8(9)15-10;1-4-6-12-8(3,9)7(10)11-5-2;1-3-5-13-6(7(9)10)8(11)12-4-2;1-3-5-8(9,10)6(11)7(12)13-4-2;7-5-3-1-2-4-6(5)8;7-5-2-1-4(3-5)6(8)9;1-3-8-5(7)4(2)6;1-2-3-4;1-2;;;1-5(2,3)4/h2-6H,1,7H2;2-6H,1,7H2,(H,16,17);4H,1,5-6H2,2-3H3;2*3H,1,4-5H2,2H3;1-4H,7-8H2;4-5,7H,1-3H2,(H,8,9);3H2,1-2H3;2,4H,1,3H2;1H3;2*1H4;/t;;;;;;4-,5-;;;;;;/m......0....../s1/i;;;;;;;;;1D;;;. The first-order valence-electron chi connectivity index (χ1n) is 31.6. The predicted molar refractivity (Wildman–Crippen MR) is 411 cm³/mol. The molecule has 8 N–H and O–H groups in total. The number of ketones is 2. The number of esters is 4. The van der Waals surface area contributed by atoms with Crippen LogP contribution in [0.3, 0.4) is 0 Å². The smallest absolute Gasteiger partial charge is 0.381 e. The summed E-state index contributed by atoms with van der Waals surface area (Å²) in [5.74, 6) is -18.6. The Hall–Kier alpha value is -8.66. The largest absolute Gasteiger partial charge is 0.481 e. The van der Waals surface area contributed by atoms with Gasteiger partial charge in [-0.15, -0.1) is 32.9 Å². The number of hydrogen-bond acceptors (Lipinski definition) is 22. The number of Topliss-reactive ketones (excluding diaryl/α,β-unsaturated/α-hetero) is 2. The molecular weight excluding hydrogens is 1600 g/mol. The zero-order valence-corrected chi connectivity index (χ0v) is 64.1. The Morgan fingerprint density at radius 3 is 1.42 bits per heavy atom. The van der Waals surface area contributed by atoms with Crippen molar-refractivity contribution in [3.05, 3.63) is 187 Å². The number of carboxylic acids is 1. The van der Waals surface area contributed by atoms with Gasteiger partial charge in [-0.25, -0.2) is 34.1 Å². The van der Waals surface area contributed by atoms with E-state index in [4.69, 9.17) is 56.1 Å². The lowest BCUT2D eigenvalue weighted by Gasteiger charge is -2.19. The van der Waals surface area contributed by atoms with Crippen molar-refractivity contribution in [3.8, 4) is 0 Å². The number of H-pyrrole nitrogens is 1. The Balaban J connectivity index is -0.000000220. The summed E-state index contributed by atoms with van der Waals surface area (Å²) in [5, 5.41) is 20.2. The van der Waals surface area contributed by atoms with E-state index in [1.54, 1.807) is 74.5 Å². The number of aliphatic carboxylic acids is 1. The molecule has 3 aromatic carbocycles. The van der Waals surface area contributed by atoms with Crippen LogP contribution in [-0.2, 0) is 78.4 Å². The number of carboxylic acid groups (broad SMARTS) is 1. The number of carbonyl (C=O) groups excluding carboxylic acids is 6. The maximum atomic E-state index is 13.7. The van der Waals surface area contributed by atoms with Gasteiger partial charge in [0, 0.05) is 26.2 Å². The molecule has 0 aliphatic heterocycles. The van der Waals surface area contributed by atoms with Gasteiger partial charge in [-0.3, -0.25) is 28.1 Å². The van der Waals surface area contributed by atoms with E-state index >= 15 is 0 Å². The first-order chi connectivity index (χ1) is 50.7. The van der Waals surface area contributed by atoms with Crippen LogP contribution < -0.4 is 17.0 Å². The quantitative estimate of drug-likeness (QED) is 0.00302. The molecule has 2 heterocycles. The molecule has 3 atom stereocenters. The fourth-order valence-electron chi connectivity index (χ4n) is 6.65. The van der Waals surface area contributed by atoms with Gasteiger partial charge in [-0.1, -0.05) is 117 Å². The Morgan fingerprint density at radius 1 is 0.655 bits per heavy atom. The number of nitrogens with two attached hydrogens (primary N) is 2. The van der Waals surface area contributed by atoms with Crippen molar-refractivity contribution in [2.75, 3.05) is 64.9 Å². The lowest BCUT2D eigenvalue weighted by Crippen LogP contribution is -2.35. The molecule has 1 fully saturated rings. The molecule has 0 amide bonds. The number of alkyl halides is 8. The molecule has 0 saturated heterocycles. The summed E-state index contributed by atoms with van der Waals surface area (Å²) in [5.41, 5.74) is 11.6. The molecule has 110 heavy (non-hydrogen) atoms. The second-order valence-electron chi connectivity index (χ2n) is 19.8. The Bertz CT molecular complexity index is 3780. The first-order valence-corrected chi connectivity index (χ1v) is 36.0. The number of carbonyl (C=O) groups is 7. The number of hydrogen-bond donors (Lipinski definition) is 6. The number of aliphatic hydroxyl groups is 2. The number of aromatic nitrogens is 4. The summed E-state index contributed by atoms with van der Waals surface area (Å²) in [4.78, 5) is 99.0. The number of aromatic amines is 1. The van der Waals surface area contributed by atoms with E-state index in [-0.39, 0.29) is 71.7 Å². The van der Waals surface area contributed by atoms with E-state index in [0.717, 1.165) is 18.2 Å². The summed E-state index contributed by atoms with van der Waals surface area (Å²) in [6.07, 6.45) is 4.45. The average molecular weight is 1700 g/mol. The van der Waals surface area contributed by atoms with Gasteiger partial charge in [0.25, 0.3) is 23.2 Å². The van der Waals surface area contributed by atoms with Crippen LogP contribution >= 0.6 is 62.1 Å². The van der Waals surface area contributed by atoms with Crippen molar-refractivity contribution in [1.82, 2.24) is 19.9 Å². The maximum Gasteiger partial charge on any atom is 0.381 e. The van der Waals surface area contributed by atoms with Gasteiger partial charge < -0.3 is 60.2 Å². The van der Waals surface area contributed by atoms with E-state index in [0.29, 0.717) is 59.3 Å². The Morgan fingerprint density at radius 2 is 1.05 bits per heavy atom. The number of nitrogen functional groups attached to an aromatic ring is 2. The minimum absolute atomic E-state index is 0. The van der Waals surface area contributed by atoms with Crippen LogP contribution in [0, 0.1) is 5.92 Å². The predicted octanol–water partition coefficient (Wildman–Crippen LogP) is 17.5. The number of nitrogens with zero attached hydrogens (tertiary/aromatic N) is 3. The number of para-hydroxylation sites is 6. The third kappa shape index (κ3) is 52.4. The molecule has 2 aromatic heterocycles. The summed E-state index contributed by atoms with van der Waals surface area (Å²) in [6.45, 7) is 29.0. The number of allylic oxidation sites excluding steroid dienone is 3. The summed E-state index contributed by atoms with van der Waals surface area (Å²) < 4.78 is 156. The van der Waals surface area contributed by atoms with Crippen molar-refractivity contribution >= 4 is 137 Å². The zero-order chi connectivity index (χ0) is 85.3. The molecule has 5 aromatic rings. The Labute approximate surface area is 658 Å². The van der Waals surface area contributed by atoms with Gasteiger partial charge in [-0.05, 0) is 124 Å². The number of rotatable bonds is 25. The van der Waals surface area contributed by atoms with Gasteiger partial charge >= 0.3 is 52.8 Å². The number of anilines is 2. The minimum atomic E-state index is -3.70. The molecule has 1 unspecified atom stereocenters. The highest BCUT2D eigenvalue weighted by Gasteiger charge is 2.43. The Kier molecular flexibility index (Phi) is 64.3. The van der Waals surface area contributed by atoms with Gasteiger partial charge in [0.2, 0.25) is 10.8 Å². The van der Waals surface area contributed by atoms with Gasteiger partial charge in [0.05, 0.1) is 93.6 Å². The second kappa shape index (κ2) is 63.0. The fourth-order valence-corrected chi connectivity index (χ4v) is 7.04. The van der Waals surface area contributed by atoms with Crippen molar-refractivity contribution < 1.29 is 123 Å². The molecule has 24 nitrogen and oxygen atoms in total. The number of nitrogens with one attached hydrogen (secondary N) is 1. The van der Waals surface area contributed by atoms with Crippen LogP contribution in [0.2, 0.25) is 5.15 Å². The molecule has 1 aliphatic rings. The third-order valence-corrected chi connectivity index (χ3v) is 11.9. The van der Waals surface area contributed by atoms with Crippen molar-refractivity contribution in [2.45, 2.75) is 124 Å². The van der Waals surface area contributed by atoms with E-state index in [9.17, 15) is 82.4 Å². The molecule has 620 valence electrons. The maximum absolute atomic E-state index is 13.7. The summed E-state index contributed by atoms with van der Waals surface area (Å²) in [7, 11) is -1.00. The van der Waals surface area contributed by atoms with E-state index in [1.807, 2.05) is 12.1 Å². The highest BCUT2D eigenvalue weighted by atomic mass is 36.0. The summed E-state index contributed by atoms with van der Waals surface area (Å²) >= 11 is 25.3. The van der Waals surface area contributed by atoms with Crippen LogP contribution in [0.4, 0.5) is 50.9 Å². The molecular formula is C71H95Cl5F9N6O18P. The summed E-state index contributed by atoms with van der Waals surface area (Å²) in [6, 6.07) is 20.5. The van der Waals surface area contributed by atoms with Crippen molar-refractivity contribution in [3.63, 3.8) is 0 Å². The molecule has 0 spiro atoms. The van der Waals surface area contributed by atoms with Crippen LogP contribution in [0.5, 0.6) is 0 Å². The molecule has 0 radical (unpaired) electrons. The second-order valence-corrected chi connectivity index (χ2v) is 27.6. The molecule has 1 saturated carbocycles. The highest BCUT2D eigenvalue weighted by Crippen LogP contribution is 2.61. The molecule has 39 heteroatoms. The lowest BCUT2D eigenvalue weighted by molar-refractivity contribution is -0.165. The lowest BCUT2D eigenvalue weighted by atomic mass is 10.1. The number of halogens is 14. The highest BCUT2D eigenvalue weighted by molar-refractivity contribution is 8.24.